The van der Waals surface area contributed by atoms with Gasteiger partial charge in [-0.15, -0.1) is 0 Å². The van der Waals surface area contributed by atoms with Crippen LogP contribution in [0.4, 0.5) is 0 Å². The number of hydrogen-bond donors (Lipinski definition) is 2. The summed E-state index contributed by atoms with van der Waals surface area (Å²) in [6, 6.07) is 0. The number of amides is 2. The Morgan fingerprint density at radius 2 is 1.92 bits per heavy atom. The van der Waals surface area contributed by atoms with Crippen LogP contribution in [0.3, 0.4) is 0 Å². The molecule has 0 aromatic heterocycles. The molecule has 2 N–H and O–H groups in total. The third-order valence-corrected chi connectivity index (χ3v) is 1.29. The molecular weight excluding hydrogens is 176 g/mol. The third-order valence-electron chi connectivity index (χ3n) is 1.29. The highest BCUT2D eigenvalue weighted by molar-refractivity contribution is 6.32. The summed E-state index contributed by atoms with van der Waals surface area (Å²) in [5.41, 5.74) is 0. The summed E-state index contributed by atoms with van der Waals surface area (Å²) in [6.45, 7) is 0.119. The van der Waals surface area contributed by atoms with E-state index in [0.717, 1.165) is 7.11 Å². The smallest absolute Gasteiger partial charge is 0.396 e. The average molecular weight is 188 g/mol. The minimum absolute atomic E-state index is 0.119. The van der Waals surface area contributed by atoms with Gasteiger partial charge in [0.25, 0.3) is 0 Å². The van der Waals surface area contributed by atoms with Gasteiger partial charge in [0.1, 0.15) is 0 Å². The fourth-order valence-electron chi connectivity index (χ4n) is 0.579. The standard InChI is InChI=1S/C7H12N2O4/c1-8-5(10)3-4-9-6(11)7(12)13-2/h3-4H2,1-2H3,(H,8,10)(H,9,11). The van der Waals surface area contributed by atoms with Crippen molar-refractivity contribution in [2.24, 2.45) is 0 Å². The maximum Gasteiger partial charge on any atom is 0.396 e. The van der Waals surface area contributed by atoms with Crippen LogP contribution in [0, 0.1) is 0 Å². The van der Waals surface area contributed by atoms with Gasteiger partial charge in [0.05, 0.1) is 7.11 Å². The van der Waals surface area contributed by atoms with E-state index in [2.05, 4.69) is 15.4 Å². The van der Waals surface area contributed by atoms with E-state index in [4.69, 9.17) is 0 Å². The van der Waals surface area contributed by atoms with Crippen LogP contribution in [0.2, 0.25) is 0 Å². The van der Waals surface area contributed by atoms with Crippen molar-refractivity contribution >= 4 is 17.8 Å². The molecule has 13 heavy (non-hydrogen) atoms. The Kier molecular flexibility index (Phi) is 5.25. The van der Waals surface area contributed by atoms with Crippen LogP contribution in [-0.4, -0.2) is 38.5 Å². The summed E-state index contributed by atoms with van der Waals surface area (Å²) in [7, 11) is 2.60. The Morgan fingerprint density at radius 3 is 2.38 bits per heavy atom. The third kappa shape index (κ3) is 4.78. The fourth-order valence-corrected chi connectivity index (χ4v) is 0.579. The van der Waals surface area contributed by atoms with E-state index in [-0.39, 0.29) is 18.9 Å². The molecule has 0 aliphatic heterocycles. The normalized spacial score (nSPS) is 8.77. The van der Waals surface area contributed by atoms with E-state index < -0.39 is 11.9 Å². The van der Waals surface area contributed by atoms with Crippen molar-refractivity contribution in [1.29, 1.82) is 0 Å². The first-order chi connectivity index (χ1) is 6.11. The Labute approximate surface area is 75.6 Å². The lowest BCUT2D eigenvalue weighted by molar-refractivity contribution is -0.152. The van der Waals surface area contributed by atoms with E-state index in [0.29, 0.717) is 0 Å². The molecule has 0 heterocycles. The monoisotopic (exact) mass is 188 g/mol. The topological polar surface area (TPSA) is 84.5 Å². The molecule has 0 aliphatic carbocycles. The molecule has 0 fully saturated rings. The Hall–Kier alpha value is -1.59. The fraction of sp³-hybridized carbons (Fsp3) is 0.571. The number of carbonyl (C=O) groups excluding carboxylic acids is 3. The van der Waals surface area contributed by atoms with E-state index in [1.54, 1.807) is 0 Å². The lowest BCUT2D eigenvalue weighted by Crippen LogP contribution is -2.34. The lowest BCUT2D eigenvalue weighted by atomic mass is 10.4. The van der Waals surface area contributed by atoms with E-state index in [1.807, 2.05) is 0 Å². The van der Waals surface area contributed by atoms with Gasteiger partial charge in [-0.3, -0.25) is 9.59 Å². The van der Waals surface area contributed by atoms with Gasteiger partial charge in [0.2, 0.25) is 5.91 Å². The summed E-state index contributed by atoms with van der Waals surface area (Å²) in [6.07, 6.45) is 0.138. The van der Waals surface area contributed by atoms with Gasteiger partial charge in [0, 0.05) is 20.0 Å². The first-order valence-electron chi connectivity index (χ1n) is 3.68. The molecule has 0 saturated carbocycles. The summed E-state index contributed by atoms with van der Waals surface area (Å²) >= 11 is 0. The molecule has 0 aromatic carbocycles. The van der Waals surface area contributed by atoms with Crippen molar-refractivity contribution in [3.05, 3.63) is 0 Å². The number of esters is 1. The largest absolute Gasteiger partial charge is 0.462 e. The van der Waals surface area contributed by atoms with Gasteiger partial charge in [-0.1, -0.05) is 0 Å². The molecule has 0 atom stereocenters. The minimum atomic E-state index is -0.961. The Bertz CT molecular complexity index is 215. The van der Waals surface area contributed by atoms with E-state index >= 15 is 0 Å². The first kappa shape index (κ1) is 11.4. The van der Waals surface area contributed by atoms with Crippen LogP contribution in [-0.2, 0) is 19.1 Å². The molecule has 0 aliphatic rings. The second kappa shape index (κ2) is 5.99. The molecule has 74 valence electrons. The second-order valence-electron chi connectivity index (χ2n) is 2.17. The Morgan fingerprint density at radius 1 is 1.31 bits per heavy atom. The van der Waals surface area contributed by atoms with Crippen molar-refractivity contribution in [3.8, 4) is 0 Å². The number of carbonyl (C=O) groups is 3. The highest BCUT2D eigenvalue weighted by Gasteiger charge is 2.12. The molecule has 0 aromatic rings. The van der Waals surface area contributed by atoms with Crippen molar-refractivity contribution in [1.82, 2.24) is 10.6 Å². The number of hydrogen-bond acceptors (Lipinski definition) is 4. The van der Waals surface area contributed by atoms with Crippen LogP contribution < -0.4 is 10.6 Å². The molecule has 0 unspecified atom stereocenters. The van der Waals surface area contributed by atoms with Crippen LogP contribution in [0.25, 0.3) is 0 Å². The molecular formula is C7H12N2O4. The van der Waals surface area contributed by atoms with E-state index in [9.17, 15) is 14.4 Å². The van der Waals surface area contributed by atoms with Gasteiger partial charge in [0.15, 0.2) is 0 Å². The molecule has 2 amide bonds. The maximum absolute atomic E-state index is 10.7. The highest BCUT2D eigenvalue weighted by atomic mass is 16.5. The number of rotatable bonds is 3. The number of ether oxygens (including phenoxy) is 1. The zero-order valence-corrected chi connectivity index (χ0v) is 7.55. The quantitative estimate of drug-likeness (QED) is 0.413. The van der Waals surface area contributed by atoms with Crippen LogP contribution in [0.15, 0.2) is 0 Å². The van der Waals surface area contributed by atoms with Crippen LogP contribution >= 0.6 is 0 Å². The molecule has 0 radical (unpaired) electrons. The highest BCUT2D eigenvalue weighted by Crippen LogP contribution is 1.78. The minimum Gasteiger partial charge on any atom is -0.462 e. The maximum atomic E-state index is 10.7. The van der Waals surface area contributed by atoms with Crippen molar-refractivity contribution in [3.63, 3.8) is 0 Å². The van der Waals surface area contributed by atoms with Gasteiger partial charge >= 0.3 is 11.9 Å². The Balaban J connectivity index is 3.59. The lowest BCUT2D eigenvalue weighted by Gasteiger charge is -2.02. The van der Waals surface area contributed by atoms with Gasteiger partial charge in [-0.05, 0) is 0 Å². The van der Waals surface area contributed by atoms with Gasteiger partial charge < -0.3 is 15.4 Å². The number of nitrogens with one attached hydrogen (secondary N) is 2. The van der Waals surface area contributed by atoms with Crippen molar-refractivity contribution in [2.45, 2.75) is 6.42 Å². The summed E-state index contributed by atoms with van der Waals surface area (Å²) < 4.78 is 4.14. The molecule has 0 bridgehead atoms. The average Bonchev–Trinajstić information content (AvgIpc) is 2.15. The molecule has 0 rings (SSSR count). The van der Waals surface area contributed by atoms with E-state index in [1.165, 1.54) is 7.05 Å². The van der Waals surface area contributed by atoms with Crippen LogP contribution in [0.1, 0.15) is 6.42 Å². The SMILES string of the molecule is CNC(=O)CCNC(=O)C(=O)OC. The summed E-state index contributed by atoms with van der Waals surface area (Å²) in [5, 5.41) is 4.60. The predicted molar refractivity (Wildman–Crippen MR) is 43.7 cm³/mol. The molecule has 6 heteroatoms. The van der Waals surface area contributed by atoms with Crippen molar-refractivity contribution < 1.29 is 19.1 Å². The molecule has 0 spiro atoms. The summed E-state index contributed by atoms with van der Waals surface area (Å²) in [4.78, 5) is 31.9. The van der Waals surface area contributed by atoms with Gasteiger partial charge in [-0.25, -0.2) is 4.79 Å². The van der Waals surface area contributed by atoms with Crippen LogP contribution in [0.5, 0.6) is 0 Å². The van der Waals surface area contributed by atoms with Gasteiger partial charge in [-0.2, -0.15) is 0 Å². The first-order valence-corrected chi connectivity index (χ1v) is 3.68. The zero-order chi connectivity index (χ0) is 10.3. The second-order valence-corrected chi connectivity index (χ2v) is 2.17. The molecule has 0 saturated heterocycles. The molecule has 6 nitrogen and oxygen atoms in total. The zero-order valence-electron chi connectivity index (χ0n) is 7.55. The van der Waals surface area contributed by atoms with Crippen molar-refractivity contribution in [2.75, 3.05) is 20.7 Å². The summed E-state index contributed by atoms with van der Waals surface area (Å²) in [5.74, 6) is -2.01. The number of methoxy groups -OCH3 is 1. The predicted octanol–water partition coefficient (Wildman–Crippen LogP) is -1.59.